The molecule has 1 atom stereocenters. The quantitative estimate of drug-likeness (QED) is 0.408. The van der Waals surface area contributed by atoms with E-state index in [0.29, 0.717) is 11.6 Å². The first-order valence-electron chi connectivity index (χ1n) is 12.2. The van der Waals surface area contributed by atoms with Crippen molar-refractivity contribution in [3.05, 3.63) is 89.1 Å². The molecule has 0 aliphatic heterocycles. The van der Waals surface area contributed by atoms with Crippen molar-refractivity contribution >= 4 is 5.91 Å². The molecule has 1 fully saturated rings. The third-order valence-corrected chi connectivity index (χ3v) is 6.84. The van der Waals surface area contributed by atoms with Crippen LogP contribution in [0.15, 0.2) is 61.2 Å². The van der Waals surface area contributed by atoms with Crippen molar-refractivity contribution in [2.75, 3.05) is 0 Å². The maximum absolute atomic E-state index is 13.9. The summed E-state index contributed by atoms with van der Waals surface area (Å²) >= 11 is 0. The topological polar surface area (TPSA) is 85.6 Å². The van der Waals surface area contributed by atoms with Gasteiger partial charge in [-0.05, 0) is 49.3 Å². The van der Waals surface area contributed by atoms with E-state index in [2.05, 4.69) is 26.4 Å². The summed E-state index contributed by atoms with van der Waals surface area (Å²) in [7, 11) is 0. The number of carbonyl (C=O) groups is 1. The van der Waals surface area contributed by atoms with Gasteiger partial charge in [-0.25, -0.2) is 14.6 Å². The molecule has 1 aromatic carbocycles. The number of halogens is 3. The van der Waals surface area contributed by atoms with Crippen LogP contribution in [-0.2, 0) is 12.8 Å². The predicted octanol–water partition coefficient (Wildman–Crippen LogP) is 5.12. The molecule has 0 radical (unpaired) electrons. The van der Waals surface area contributed by atoms with Crippen LogP contribution >= 0.6 is 0 Å². The fourth-order valence-electron chi connectivity index (χ4n) is 4.91. The monoisotopic (exact) mass is 504 g/mol. The first kappa shape index (κ1) is 23.3. The minimum atomic E-state index is -4.69. The first-order chi connectivity index (χ1) is 17.9. The molecule has 0 saturated heterocycles. The molecular weight excluding hydrogens is 481 g/mol. The van der Waals surface area contributed by atoms with E-state index in [-0.39, 0.29) is 17.0 Å². The van der Waals surface area contributed by atoms with Crippen molar-refractivity contribution in [2.24, 2.45) is 0 Å². The molecule has 7 nitrogen and oxygen atoms in total. The average Bonchev–Trinajstić information content (AvgIpc) is 3.67. The van der Waals surface area contributed by atoms with Gasteiger partial charge in [0.05, 0.1) is 23.1 Å². The highest BCUT2D eigenvalue weighted by Crippen LogP contribution is 2.43. The number of nitrogens with zero attached hydrogens (tertiary/aromatic N) is 5. The van der Waals surface area contributed by atoms with Crippen molar-refractivity contribution in [1.29, 1.82) is 0 Å². The van der Waals surface area contributed by atoms with Crippen molar-refractivity contribution in [3.63, 3.8) is 0 Å². The van der Waals surface area contributed by atoms with Gasteiger partial charge in [0.25, 0.3) is 11.9 Å². The molecule has 3 aromatic heterocycles. The van der Waals surface area contributed by atoms with Gasteiger partial charge in [0, 0.05) is 35.6 Å². The Balaban J connectivity index is 1.38. The SMILES string of the molecule is O=C(N[C@@H](c1cccnc1)C(F)(F)F)c1cnn(-c2ncc3c(n2)-c2ccccc2CCC3)c1C1CC1. The third-order valence-electron chi connectivity index (χ3n) is 6.84. The highest BCUT2D eigenvalue weighted by molar-refractivity contribution is 5.96. The maximum Gasteiger partial charge on any atom is 0.412 e. The van der Waals surface area contributed by atoms with E-state index in [4.69, 9.17) is 4.98 Å². The van der Waals surface area contributed by atoms with E-state index in [1.165, 1.54) is 34.8 Å². The van der Waals surface area contributed by atoms with Gasteiger partial charge >= 0.3 is 6.18 Å². The molecular formula is C27H23F3N6O. The van der Waals surface area contributed by atoms with Gasteiger partial charge in [-0.3, -0.25) is 9.78 Å². The number of aryl methyl sites for hydroxylation is 2. The zero-order chi connectivity index (χ0) is 25.6. The molecule has 37 heavy (non-hydrogen) atoms. The Bertz CT molecular complexity index is 1460. The molecule has 0 unspecified atom stereocenters. The van der Waals surface area contributed by atoms with Crippen LogP contribution in [0.5, 0.6) is 0 Å². The van der Waals surface area contributed by atoms with Crippen LogP contribution in [0, 0.1) is 0 Å². The molecule has 0 spiro atoms. The van der Waals surface area contributed by atoms with Gasteiger partial charge in [-0.1, -0.05) is 30.3 Å². The lowest BCUT2D eigenvalue weighted by Crippen LogP contribution is -2.38. The summed E-state index contributed by atoms with van der Waals surface area (Å²) in [5.41, 5.74) is 4.61. The number of hydrogen-bond donors (Lipinski definition) is 1. The molecule has 1 saturated carbocycles. The minimum Gasteiger partial charge on any atom is -0.337 e. The molecule has 1 N–H and O–H groups in total. The minimum absolute atomic E-state index is 0.000625. The normalized spacial score (nSPS) is 15.9. The fourth-order valence-corrected chi connectivity index (χ4v) is 4.91. The van der Waals surface area contributed by atoms with Crippen LogP contribution in [0.4, 0.5) is 13.2 Å². The molecule has 0 bridgehead atoms. The number of amides is 1. The average molecular weight is 505 g/mol. The van der Waals surface area contributed by atoms with Gasteiger partial charge in [0.15, 0.2) is 6.04 Å². The van der Waals surface area contributed by atoms with E-state index >= 15 is 0 Å². The number of aromatic nitrogens is 5. The number of rotatable bonds is 5. The zero-order valence-corrected chi connectivity index (χ0v) is 19.7. The molecule has 2 aliphatic carbocycles. The number of hydrogen-bond acceptors (Lipinski definition) is 5. The maximum atomic E-state index is 13.9. The molecule has 6 rings (SSSR count). The predicted molar refractivity (Wildman–Crippen MR) is 129 cm³/mol. The number of carbonyl (C=O) groups excluding carboxylic acids is 1. The van der Waals surface area contributed by atoms with Gasteiger partial charge in [-0.2, -0.15) is 18.3 Å². The summed E-state index contributed by atoms with van der Waals surface area (Å²) in [6, 6.07) is 8.62. The van der Waals surface area contributed by atoms with Crippen molar-refractivity contribution in [2.45, 2.75) is 50.2 Å². The Labute approximate surface area is 210 Å². The zero-order valence-electron chi connectivity index (χ0n) is 19.7. The lowest BCUT2D eigenvalue weighted by molar-refractivity contribution is -0.155. The van der Waals surface area contributed by atoms with E-state index in [1.807, 2.05) is 18.2 Å². The largest absolute Gasteiger partial charge is 0.412 e. The van der Waals surface area contributed by atoms with Crippen molar-refractivity contribution < 1.29 is 18.0 Å². The van der Waals surface area contributed by atoms with Crippen molar-refractivity contribution in [1.82, 2.24) is 30.0 Å². The molecule has 10 heteroatoms. The highest BCUT2D eigenvalue weighted by Gasteiger charge is 2.43. The van der Waals surface area contributed by atoms with Gasteiger partial charge in [-0.15, -0.1) is 0 Å². The van der Waals surface area contributed by atoms with E-state index < -0.39 is 18.1 Å². The van der Waals surface area contributed by atoms with Crippen LogP contribution in [-0.4, -0.2) is 36.8 Å². The van der Waals surface area contributed by atoms with Crippen LogP contribution in [0.3, 0.4) is 0 Å². The van der Waals surface area contributed by atoms with Crippen LogP contribution in [0.25, 0.3) is 17.2 Å². The summed E-state index contributed by atoms with van der Waals surface area (Å²) in [5.74, 6) is -0.545. The highest BCUT2D eigenvalue weighted by atomic mass is 19.4. The van der Waals surface area contributed by atoms with Crippen molar-refractivity contribution in [3.8, 4) is 17.2 Å². The lowest BCUT2D eigenvalue weighted by atomic mass is 10.0. The van der Waals surface area contributed by atoms with Crippen LogP contribution in [0.1, 0.15) is 64.0 Å². The van der Waals surface area contributed by atoms with Crippen LogP contribution in [0.2, 0.25) is 0 Å². The number of nitrogens with one attached hydrogen (secondary N) is 1. The molecule has 1 amide bonds. The number of alkyl halides is 3. The van der Waals surface area contributed by atoms with Gasteiger partial charge in [0.1, 0.15) is 0 Å². The second-order valence-corrected chi connectivity index (χ2v) is 9.42. The van der Waals surface area contributed by atoms with E-state index in [9.17, 15) is 18.0 Å². The summed E-state index contributed by atoms with van der Waals surface area (Å²) < 4.78 is 43.1. The molecule has 188 valence electrons. The first-order valence-corrected chi connectivity index (χ1v) is 12.2. The number of benzene rings is 1. The third kappa shape index (κ3) is 4.47. The van der Waals surface area contributed by atoms with E-state index in [1.54, 1.807) is 6.20 Å². The summed E-state index contributed by atoms with van der Waals surface area (Å²) in [6.45, 7) is 0. The second kappa shape index (κ2) is 9.10. The Hall–Kier alpha value is -4.08. The Morgan fingerprint density at radius 2 is 1.84 bits per heavy atom. The van der Waals surface area contributed by atoms with Crippen LogP contribution < -0.4 is 5.32 Å². The molecule has 2 aliphatic rings. The standard InChI is InChI=1S/C27H23F3N6O/c28-27(29,30)24(19-8-4-12-31-13-19)35-25(37)21-15-33-36(23(21)17-10-11-17)26-32-14-18-7-3-6-16-5-1-2-9-20(16)22(18)34-26/h1-2,4-5,8-9,12-15,17,24H,3,6-7,10-11H2,(H,35,37)/t24-/m0/s1. The van der Waals surface area contributed by atoms with E-state index in [0.717, 1.165) is 55.1 Å². The second-order valence-electron chi connectivity index (χ2n) is 9.42. The summed E-state index contributed by atoms with van der Waals surface area (Å²) in [5, 5.41) is 6.53. The van der Waals surface area contributed by atoms with Gasteiger partial charge < -0.3 is 5.32 Å². The summed E-state index contributed by atoms with van der Waals surface area (Å²) in [6.07, 6.45) is 5.29. The number of fused-ring (bicyclic) bond motifs is 3. The summed E-state index contributed by atoms with van der Waals surface area (Å²) in [4.78, 5) is 26.3. The fraction of sp³-hybridized carbons (Fsp3) is 0.296. The lowest BCUT2D eigenvalue weighted by Gasteiger charge is -2.21. The Morgan fingerprint density at radius 1 is 1.03 bits per heavy atom. The molecule has 4 aromatic rings. The molecule has 3 heterocycles. The van der Waals surface area contributed by atoms with Gasteiger partial charge in [0.2, 0.25) is 0 Å². The number of pyridine rings is 1. The Morgan fingerprint density at radius 3 is 2.59 bits per heavy atom. The smallest absolute Gasteiger partial charge is 0.337 e. The Kier molecular flexibility index (Phi) is 5.73.